The molecule has 4 N–H and O–H groups in total. The average molecular weight is 283 g/mol. The summed E-state index contributed by atoms with van der Waals surface area (Å²) in [4.78, 5) is 24.5. The topological polar surface area (TPSA) is 87.5 Å². The third-order valence-electron chi connectivity index (χ3n) is 2.99. The van der Waals surface area contributed by atoms with Crippen LogP contribution in [0, 0.1) is 0 Å². The maximum absolute atomic E-state index is 12.0. The quantitative estimate of drug-likeness (QED) is 0.731. The molecule has 1 heterocycles. The van der Waals surface area contributed by atoms with E-state index in [9.17, 15) is 9.59 Å². The Bertz CT molecular complexity index is 494. The number of carbonyl (C=O) groups is 2. The van der Waals surface area contributed by atoms with Crippen molar-refractivity contribution in [3.8, 4) is 0 Å². The van der Waals surface area contributed by atoms with Crippen molar-refractivity contribution in [1.82, 2.24) is 10.3 Å². The van der Waals surface area contributed by atoms with Crippen molar-refractivity contribution >= 4 is 29.2 Å². The number of hydrogen-bond donors (Lipinski definition) is 3. The molecular formula is C12H15ClN4O2. The molecule has 1 aliphatic heterocycles. The van der Waals surface area contributed by atoms with Gasteiger partial charge in [-0.3, -0.25) is 15.6 Å². The number of nitrogens with zero attached hydrogens (tertiary/aromatic N) is 1. The maximum Gasteiger partial charge on any atom is 0.315 e. The molecular weight excluding hydrogens is 268 g/mol. The molecule has 1 fully saturated rings. The number of rotatable bonds is 3. The normalized spacial score (nSPS) is 18.2. The molecule has 1 aromatic rings. The van der Waals surface area contributed by atoms with E-state index in [1.165, 1.54) is 4.90 Å². The van der Waals surface area contributed by atoms with Crippen molar-refractivity contribution in [2.24, 2.45) is 5.73 Å². The predicted octanol–water partition coefficient (Wildman–Crippen LogP) is 1.33. The highest BCUT2D eigenvalue weighted by Gasteiger charge is 2.32. The molecule has 1 unspecified atom stereocenters. The second-order valence-electron chi connectivity index (χ2n) is 4.31. The first-order valence-electron chi connectivity index (χ1n) is 5.95. The molecule has 102 valence electrons. The molecule has 1 saturated heterocycles. The maximum atomic E-state index is 12.0. The first-order valence-corrected chi connectivity index (χ1v) is 6.33. The van der Waals surface area contributed by atoms with Gasteiger partial charge < -0.3 is 10.6 Å². The molecule has 6 nitrogen and oxygen atoms in total. The molecule has 0 spiro atoms. The Kier molecular flexibility index (Phi) is 4.11. The number of primary amides is 1. The number of amides is 3. The third-order valence-corrected chi connectivity index (χ3v) is 3.23. The van der Waals surface area contributed by atoms with Crippen LogP contribution < -0.4 is 16.6 Å². The number of nitrogens with one attached hydrogen (secondary N) is 2. The van der Waals surface area contributed by atoms with Crippen LogP contribution in [-0.4, -0.2) is 29.4 Å². The number of nitrogens with two attached hydrogens (primary N) is 1. The van der Waals surface area contributed by atoms with Crippen LogP contribution in [0.1, 0.15) is 12.8 Å². The summed E-state index contributed by atoms with van der Waals surface area (Å²) in [5, 5.41) is 0.568. The fourth-order valence-electron chi connectivity index (χ4n) is 2.09. The number of likely N-dealkylation sites (tertiary alicyclic amines) is 1. The van der Waals surface area contributed by atoms with Crippen molar-refractivity contribution in [3.05, 3.63) is 29.3 Å². The van der Waals surface area contributed by atoms with Gasteiger partial charge in [0.25, 0.3) is 5.91 Å². The van der Waals surface area contributed by atoms with Crippen LogP contribution in [0.3, 0.4) is 0 Å². The first-order chi connectivity index (χ1) is 9.08. The Hall–Kier alpha value is -1.95. The number of anilines is 1. The fraction of sp³-hybridized carbons (Fsp3) is 0.333. The van der Waals surface area contributed by atoms with Crippen molar-refractivity contribution in [3.63, 3.8) is 0 Å². The van der Waals surface area contributed by atoms with Gasteiger partial charge in [-0.05, 0) is 31.0 Å². The first kappa shape index (κ1) is 13.5. The summed E-state index contributed by atoms with van der Waals surface area (Å²) in [6, 6.07) is 5.88. The van der Waals surface area contributed by atoms with Gasteiger partial charge >= 0.3 is 6.03 Å². The van der Waals surface area contributed by atoms with Crippen LogP contribution in [-0.2, 0) is 4.79 Å². The number of benzene rings is 1. The molecule has 0 aromatic heterocycles. The standard InChI is InChI=1S/C12H15ClN4O2/c13-8-3-1-4-9(7-8)15-16-11(18)10-5-2-6-17(10)12(14)19/h1,3-4,7,10,15H,2,5-6H2,(H2,14,19)(H,16,18). The summed E-state index contributed by atoms with van der Waals surface area (Å²) in [6.07, 6.45) is 1.39. The smallest absolute Gasteiger partial charge is 0.315 e. The molecule has 1 atom stereocenters. The molecule has 1 aliphatic rings. The minimum absolute atomic E-state index is 0.281. The van der Waals surface area contributed by atoms with Crippen LogP contribution >= 0.6 is 11.6 Å². The van der Waals surface area contributed by atoms with E-state index >= 15 is 0 Å². The average Bonchev–Trinajstić information content (AvgIpc) is 2.85. The Morgan fingerprint density at radius 3 is 2.89 bits per heavy atom. The molecule has 1 aromatic carbocycles. The van der Waals surface area contributed by atoms with Gasteiger partial charge in [-0.2, -0.15) is 0 Å². The van der Waals surface area contributed by atoms with E-state index in [1.807, 2.05) is 0 Å². The summed E-state index contributed by atoms with van der Waals surface area (Å²) < 4.78 is 0. The molecule has 7 heteroatoms. The van der Waals surface area contributed by atoms with Crippen LogP contribution in [0.5, 0.6) is 0 Å². The van der Waals surface area contributed by atoms with Gasteiger partial charge in [0, 0.05) is 11.6 Å². The van der Waals surface area contributed by atoms with E-state index < -0.39 is 12.1 Å². The Morgan fingerprint density at radius 2 is 2.21 bits per heavy atom. The highest BCUT2D eigenvalue weighted by molar-refractivity contribution is 6.30. The molecule has 0 bridgehead atoms. The van der Waals surface area contributed by atoms with Gasteiger partial charge in [0.15, 0.2) is 0 Å². The lowest BCUT2D eigenvalue weighted by Crippen LogP contribution is -2.49. The SMILES string of the molecule is NC(=O)N1CCCC1C(=O)NNc1cccc(Cl)c1. The Balaban J connectivity index is 1.92. The summed E-state index contributed by atoms with van der Waals surface area (Å²) in [6.45, 7) is 0.518. The summed E-state index contributed by atoms with van der Waals surface area (Å²) >= 11 is 5.83. The summed E-state index contributed by atoms with van der Waals surface area (Å²) in [5.41, 5.74) is 11.2. The van der Waals surface area contributed by atoms with Crippen LogP contribution in [0.25, 0.3) is 0 Å². The van der Waals surface area contributed by atoms with Gasteiger partial charge in [-0.15, -0.1) is 0 Å². The van der Waals surface area contributed by atoms with Crippen molar-refractivity contribution in [2.75, 3.05) is 12.0 Å². The van der Waals surface area contributed by atoms with Crippen LogP contribution in [0.2, 0.25) is 5.02 Å². The largest absolute Gasteiger partial charge is 0.351 e. The van der Waals surface area contributed by atoms with Gasteiger partial charge in [-0.1, -0.05) is 17.7 Å². The van der Waals surface area contributed by atoms with Crippen molar-refractivity contribution in [2.45, 2.75) is 18.9 Å². The highest BCUT2D eigenvalue weighted by atomic mass is 35.5. The van der Waals surface area contributed by atoms with E-state index in [1.54, 1.807) is 24.3 Å². The van der Waals surface area contributed by atoms with Gasteiger partial charge in [0.05, 0.1) is 5.69 Å². The van der Waals surface area contributed by atoms with E-state index in [0.29, 0.717) is 23.7 Å². The Morgan fingerprint density at radius 1 is 1.42 bits per heavy atom. The zero-order valence-corrected chi connectivity index (χ0v) is 11.0. The number of hydrogen-bond acceptors (Lipinski definition) is 3. The predicted molar refractivity (Wildman–Crippen MR) is 72.5 cm³/mol. The lowest BCUT2D eigenvalue weighted by Gasteiger charge is -2.22. The fourth-order valence-corrected chi connectivity index (χ4v) is 2.28. The van der Waals surface area contributed by atoms with Crippen molar-refractivity contribution < 1.29 is 9.59 Å². The monoisotopic (exact) mass is 282 g/mol. The number of urea groups is 1. The summed E-state index contributed by atoms with van der Waals surface area (Å²) in [7, 11) is 0. The highest BCUT2D eigenvalue weighted by Crippen LogP contribution is 2.17. The molecule has 0 radical (unpaired) electrons. The molecule has 19 heavy (non-hydrogen) atoms. The number of hydrazine groups is 1. The molecule has 3 amide bonds. The van der Waals surface area contributed by atoms with E-state index in [2.05, 4.69) is 10.9 Å². The number of carbonyl (C=O) groups excluding carboxylic acids is 2. The molecule has 2 rings (SSSR count). The van der Waals surface area contributed by atoms with E-state index in [4.69, 9.17) is 17.3 Å². The zero-order chi connectivity index (χ0) is 13.8. The Labute approximate surface area is 115 Å². The van der Waals surface area contributed by atoms with Gasteiger partial charge in [0.1, 0.15) is 6.04 Å². The van der Waals surface area contributed by atoms with Crippen LogP contribution in [0.15, 0.2) is 24.3 Å². The van der Waals surface area contributed by atoms with Gasteiger partial charge in [0.2, 0.25) is 0 Å². The zero-order valence-electron chi connectivity index (χ0n) is 10.2. The van der Waals surface area contributed by atoms with Crippen LogP contribution in [0.4, 0.5) is 10.5 Å². The summed E-state index contributed by atoms with van der Waals surface area (Å²) in [5.74, 6) is -0.281. The third kappa shape index (κ3) is 3.29. The van der Waals surface area contributed by atoms with Gasteiger partial charge in [-0.25, -0.2) is 4.79 Å². The minimum Gasteiger partial charge on any atom is -0.351 e. The lowest BCUT2D eigenvalue weighted by molar-refractivity contribution is -0.124. The van der Waals surface area contributed by atoms with E-state index in [-0.39, 0.29) is 5.91 Å². The van der Waals surface area contributed by atoms with E-state index in [0.717, 1.165) is 6.42 Å². The number of halogens is 1. The molecule has 0 saturated carbocycles. The second kappa shape index (κ2) is 5.79. The molecule has 0 aliphatic carbocycles. The second-order valence-corrected chi connectivity index (χ2v) is 4.75. The lowest BCUT2D eigenvalue weighted by atomic mass is 10.2. The van der Waals surface area contributed by atoms with Crippen molar-refractivity contribution in [1.29, 1.82) is 0 Å². The minimum atomic E-state index is -0.569.